The topological polar surface area (TPSA) is 42.0 Å². The Kier molecular flexibility index (Phi) is 3.52. The molecule has 0 spiro atoms. The fraction of sp³-hybridized carbons (Fsp3) is 0.333. The lowest BCUT2D eigenvalue weighted by atomic mass is 10.1. The summed E-state index contributed by atoms with van der Waals surface area (Å²) in [5.74, 6) is 0.0798. The molecule has 1 saturated carbocycles. The number of amides is 1. The first kappa shape index (κ1) is 13.6. The van der Waals surface area contributed by atoms with Gasteiger partial charge in [0, 0.05) is 27.9 Å². The molecule has 20 heavy (non-hydrogen) atoms. The Balaban J connectivity index is 1.68. The van der Waals surface area contributed by atoms with Crippen molar-refractivity contribution in [1.82, 2.24) is 4.98 Å². The smallest absolute Gasteiger partial charge is 0.232 e. The highest BCUT2D eigenvalue weighted by Crippen LogP contribution is 2.45. The fourth-order valence-electron chi connectivity index (χ4n) is 1.94. The molecular weight excluding hydrogens is 292 g/mol. The zero-order chi connectivity index (χ0) is 14.2. The summed E-state index contributed by atoms with van der Waals surface area (Å²) in [4.78, 5) is 17.3. The van der Waals surface area contributed by atoms with E-state index >= 15 is 0 Å². The molecule has 1 aromatic heterocycles. The van der Waals surface area contributed by atoms with Crippen LogP contribution in [0.2, 0.25) is 5.02 Å². The summed E-state index contributed by atoms with van der Waals surface area (Å²) >= 11 is 7.65. The molecule has 0 saturated heterocycles. The number of thiazole rings is 1. The van der Waals surface area contributed by atoms with E-state index in [9.17, 15) is 4.79 Å². The molecule has 104 valence electrons. The van der Waals surface area contributed by atoms with Crippen molar-refractivity contribution in [3.63, 3.8) is 0 Å². The van der Waals surface area contributed by atoms with Crippen LogP contribution >= 0.6 is 22.9 Å². The number of hydrogen-bond acceptors (Lipinski definition) is 3. The molecule has 1 amide bonds. The Morgan fingerprint density at radius 2 is 2.20 bits per heavy atom. The van der Waals surface area contributed by atoms with Gasteiger partial charge in [0.05, 0.1) is 0 Å². The van der Waals surface area contributed by atoms with E-state index in [0.29, 0.717) is 5.13 Å². The zero-order valence-electron chi connectivity index (χ0n) is 11.1. The molecule has 0 radical (unpaired) electrons. The lowest BCUT2D eigenvalue weighted by Crippen LogP contribution is -2.21. The first-order chi connectivity index (χ1) is 9.57. The minimum Gasteiger partial charge on any atom is -0.301 e. The minimum atomic E-state index is -0.172. The van der Waals surface area contributed by atoms with Crippen LogP contribution in [0.1, 0.15) is 30.2 Å². The summed E-state index contributed by atoms with van der Waals surface area (Å²) in [6.07, 6.45) is 4.48. The average Bonchev–Trinajstić information content (AvgIpc) is 3.03. The molecule has 3 nitrogen and oxygen atoms in total. The Labute approximate surface area is 127 Å². The molecule has 1 heterocycles. The van der Waals surface area contributed by atoms with Crippen LogP contribution in [0.3, 0.4) is 0 Å². The lowest BCUT2D eigenvalue weighted by Gasteiger charge is -2.06. The van der Waals surface area contributed by atoms with Crippen molar-refractivity contribution in [3.05, 3.63) is 45.9 Å². The van der Waals surface area contributed by atoms with Gasteiger partial charge in [-0.3, -0.25) is 4.79 Å². The van der Waals surface area contributed by atoms with Gasteiger partial charge in [-0.1, -0.05) is 36.7 Å². The molecule has 0 bridgehead atoms. The molecule has 1 aromatic carbocycles. The van der Waals surface area contributed by atoms with Crippen molar-refractivity contribution in [2.24, 2.45) is 5.41 Å². The second-order valence-corrected chi connectivity index (χ2v) is 6.94. The maximum Gasteiger partial charge on any atom is 0.232 e. The fourth-order valence-corrected chi connectivity index (χ4v) is 2.97. The summed E-state index contributed by atoms with van der Waals surface area (Å²) in [6, 6.07) is 7.78. The van der Waals surface area contributed by atoms with Crippen molar-refractivity contribution >= 4 is 34.0 Å². The number of anilines is 1. The second kappa shape index (κ2) is 5.19. The van der Waals surface area contributed by atoms with Crippen molar-refractivity contribution in [2.75, 3.05) is 5.32 Å². The molecule has 5 heteroatoms. The van der Waals surface area contributed by atoms with Gasteiger partial charge in [-0.05, 0) is 24.5 Å². The normalized spacial score (nSPS) is 15.9. The summed E-state index contributed by atoms with van der Waals surface area (Å²) in [5, 5.41) is 4.33. The predicted molar refractivity (Wildman–Crippen MR) is 82.3 cm³/mol. The van der Waals surface area contributed by atoms with E-state index in [2.05, 4.69) is 10.3 Å². The van der Waals surface area contributed by atoms with E-state index in [1.807, 2.05) is 31.2 Å². The van der Waals surface area contributed by atoms with Gasteiger partial charge in [-0.25, -0.2) is 4.98 Å². The SMILES string of the molecule is CC1(C(=O)Nc2ncc(Cc3ccccc3Cl)s2)CC1. The number of carbonyl (C=O) groups excluding carboxylic acids is 1. The predicted octanol–water partition coefficient (Wildman–Crippen LogP) is 4.13. The highest BCUT2D eigenvalue weighted by Gasteiger charge is 2.45. The highest BCUT2D eigenvalue weighted by atomic mass is 35.5. The van der Waals surface area contributed by atoms with E-state index in [0.717, 1.165) is 34.7 Å². The first-order valence-electron chi connectivity index (χ1n) is 6.56. The van der Waals surface area contributed by atoms with Gasteiger partial charge in [0.15, 0.2) is 5.13 Å². The number of benzene rings is 1. The Hall–Kier alpha value is -1.39. The van der Waals surface area contributed by atoms with Crippen molar-refractivity contribution in [2.45, 2.75) is 26.2 Å². The van der Waals surface area contributed by atoms with Crippen molar-refractivity contribution in [3.8, 4) is 0 Å². The van der Waals surface area contributed by atoms with E-state index in [1.54, 1.807) is 6.20 Å². The van der Waals surface area contributed by atoms with Crippen LogP contribution in [0.25, 0.3) is 0 Å². The van der Waals surface area contributed by atoms with Crippen molar-refractivity contribution < 1.29 is 4.79 Å². The van der Waals surface area contributed by atoms with Crippen LogP contribution in [0, 0.1) is 5.41 Å². The molecule has 0 aliphatic heterocycles. The van der Waals surface area contributed by atoms with Crippen LogP contribution in [-0.4, -0.2) is 10.9 Å². The van der Waals surface area contributed by atoms with Gasteiger partial charge in [0.1, 0.15) is 0 Å². The lowest BCUT2D eigenvalue weighted by molar-refractivity contribution is -0.120. The molecule has 1 fully saturated rings. The van der Waals surface area contributed by atoms with Gasteiger partial charge in [-0.15, -0.1) is 11.3 Å². The summed E-state index contributed by atoms with van der Waals surface area (Å²) in [7, 11) is 0. The summed E-state index contributed by atoms with van der Waals surface area (Å²) < 4.78 is 0. The molecule has 0 atom stereocenters. The van der Waals surface area contributed by atoms with E-state index in [1.165, 1.54) is 11.3 Å². The number of aromatic nitrogens is 1. The maximum atomic E-state index is 12.0. The maximum absolute atomic E-state index is 12.0. The number of halogens is 1. The molecule has 1 aliphatic rings. The van der Waals surface area contributed by atoms with E-state index in [-0.39, 0.29) is 11.3 Å². The van der Waals surface area contributed by atoms with E-state index in [4.69, 9.17) is 11.6 Å². The minimum absolute atomic E-state index is 0.0798. The Morgan fingerprint density at radius 1 is 1.45 bits per heavy atom. The number of nitrogens with zero attached hydrogens (tertiary/aromatic N) is 1. The quantitative estimate of drug-likeness (QED) is 0.923. The summed E-state index contributed by atoms with van der Waals surface area (Å²) in [6.45, 7) is 1.99. The first-order valence-corrected chi connectivity index (χ1v) is 7.76. The van der Waals surface area contributed by atoms with Crippen molar-refractivity contribution in [1.29, 1.82) is 0 Å². The number of carbonyl (C=O) groups is 1. The van der Waals surface area contributed by atoms with Gasteiger partial charge in [0.2, 0.25) is 5.91 Å². The third-order valence-corrected chi connectivity index (χ3v) is 4.93. The Bertz CT molecular complexity index is 649. The largest absolute Gasteiger partial charge is 0.301 e. The second-order valence-electron chi connectivity index (χ2n) is 5.41. The summed E-state index contributed by atoms with van der Waals surface area (Å²) in [5.41, 5.74) is 0.902. The molecule has 0 unspecified atom stereocenters. The third kappa shape index (κ3) is 2.86. The van der Waals surface area contributed by atoms with Crippen LogP contribution < -0.4 is 5.32 Å². The monoisotopic (exact) mass is 306 g/mol. The molecule has 1 N–H and O–H groups in total. The third-order valence-electron chi connectivity index (χ3n) is 3.64. The van der Waals surface area contributed by atoms with Crippen LogP contribution in [0.4, 0.5) is 5.13 Å². The molecule has 2 aromatic rings. The Morgan fingerprint density at radius 3 is 2.90 bits per heavy atom. The van der Waals surface area contributed by atoms with Crippen LogP contribution in [-0.2, 0) is 11.2 Å². The van der Waals surface area contributed by atoms with Crippen LogP contribution in [0.5, 0.6) is 0 Å². The van der Waals surface area contributed by atoms with Gasteiger partial charge in [-0.2, -0.15) is 0 Å². The highest BCUT2D eigenvalue weighted by molar-refractivity contribution is 7.15. The van der Waals surface area contributed by atoms with Crippen LogP contribution in [0.15, 0.2) is 30.5 Å². The standard InChI is InChI=1S/C15H15ClN2OS/c1-15(6-7-15)13(19)18-14-17-9-11(20-14)8-10-4-2-3-5-12(10)16/h2-5,9H,6-8H2,1H3,(H,17,18,19). The molecule has 1 aliphatic carbocycles. The number of nitrogens with one attached hydrogen (secondary N) is 1. The van der Waals surface area contributed by atoms with Gasteiger partial charge < -0.3 is 5.32 Å². The number of rotatable bonds is 4. The molecular formula is C15H15ClN2OS. The molecule has 3 rings (SSSR count). The van der Waals surface area contributed by atoms with Gasteiger partial charge in [0.25, 0.3) is 0 Å². The van der Waals surface area contributed by atoms with E-state index < -0.39 is 0 Å². The van der Waals surface area contributed by atoms with Gasteiger partial charge >= 0.3 is 0 Å². The average molecular weight is 307 g/mol. The number of hydrogen-bond donors (Lipinski definition) is 1. The zero-order valence-corrected chi connectivity index (χ0v) is 12.7.